The van der Waals surface area contributed by atoms with Crippen LogP contribution in [0.1, 0.15) is 15.9 Å². The van der Waals surface area contributed by atoms with Crippen molar-refractivity contribution in [3.63, 3.8) is 0 Å². The maximum absolute atomic E-state index is 12.5. The molecule has 0 bridgehead atoms. The normalized spacial score (nSPS) is 10.7. The molecule has 6 heteroatoms. The molecule has 0 heterocycles. The molecule has 0 aliphatic heterocycles. The van der Waals surface area contributed by atoms with E-state index < -0.39 is 11.7 Å². The highest BCUT2D eigenvalue weighted by molar-refractivity contribution is 7.99. The average Bonchev–Trinajstić information content (AvgIpc) is 2.40. The van der Waals surface area contributed by atoms with Crippen molar-refractivity contribution in [1.29, 1.82) is 0 Å². The van der Waals surface area contributed by atoms with E-state index in [-0.39, 0.29) is 5.75 Å². The Labute approximate surface area is 125 Å². The van der Waals surface area contributed by atoms with Gasteiger partial charge in [-0.15, -0.1) is 0 Å². The van der Waals surface area contributed by atoms with Gasteiger partial charge in [-0.25, -0.2) is 0 Å². The molecular weight excluding hydrogens is 296 g/mol. The number of aryl methyl sites for hydroxylation is 1. The predicted molar refractivity (Wildman–Crippen MR) is 79.1 cm³/mol. The van der Waals surface area contributed by atoms with Gasteiger partial charge in [-0.05, 0) is 42.8 Å². The molecule has 0 aromatic heterocycles. The molecule has 110 valence electrons. The van der Waals surface area contributed by atoms with Crippen LogP contribution < -0.4 is 5.32 Å². The second kappa shape index (κ2) is 6.58. The second-order valence-electron chi connectivity index (χ2n) is 4.33. The molecule has 0 fully saturated rings. The number of rotatable bonds is 4. The van der Waals surface area contributed by atoms with Gasteiger partial charge in [0.2, 0.25) is 0 Å². The molecule has 1 amide bonds. The molecule has 2 N–H and O–H groups in total. The molecule has 0 radical (unpaired) electrons. The van der Waals surface area contributed by atoms with Crippen LogP contribution in [0.3, 0.4) is 0 Å². The lowest BCUT2D eigenvalue weighted by atomic mass is 10.1. The van der Waals surface area contributed by atoms with Crippen molar-refractivity contribution in [3.05, 3.63) is 53.6 Å². The number of halogens is 2. The fourth-order valence-corrected chi connectivity index (χ4v) is 2.46. The van der Waals surface area contributed by atoms with Crippen LogP contribution in [-0.2, 0) is 0 Å². The largest absolute Gasteiger partial charge is 0.508 e. The predicted octanol–water partition coefficient (Wildman–Crippen LogP) is 4.27. The van der Waals surface area contributed by atoms with E-state index in [9.17, 15) is 18.7 Å². The molecule has 0 saturated heterocycles. The van der Waals surface area contributed by atoms with E-state index in [1.54, 1.807) is 25.1 Å². The Hall–Kier alpha value is -2.08. The number of thioether (sulfide) groups is 1. The fraction of sp³-hybridized carbons (Fsp3) is 0.133. The van der Waals surface area contributed by atoms with Gasteiger partial charge < -0.3 is 10.4 Å². The first-order valence-electron chi connectivity index (χ1n) is 6.12. The first kappa shape index (κ1) is 15.3. The number of amides is 1. The van der Waals surface area contributed by atoms with Gasteiger partial charge in [0.25, 0.3) is 11.7 Å². The van der Waals surface area contributed by atoms with E-state index in [4.69, 9.17) is 0 Å². The zero-order valence-corrected chi connectivity index (χ0v) is 12.0. The monoisotopic (exact) mass is 309 g/mol. The minimum absolute atomic E-state index is 0.0673. The van der Waals surface area contributed by atoms with Gasteiger partial charge in [0.1, 0.15) is 5.75 Å². The maximum Gasteiger partial charge on any atom is 0.288 e. The Morgan fingerprint density at radius 3 is 2.62 bits per heavy atom. The highest BCUT2D eigenvalue weighted by atomic mass is 32.2. The van der Waals surface area contributed by atoms with Crippen molar-refractivity contribution in [2.45, 2.75) is 17.6 Å². The smallest absolute Gasteiger partial charge is 0.288 e. The Balaban J connectivity index is 2.23. The van der Waals surface area contributed by atoms with Gasteiger partial charge in [0.15, 0.2) is 0 Å². The number of nitrogens with one attached hydrogen (secondary N) is 1. The number of alkyl halides is 2. The highest BCUT2D eigenvalue weighted by Crippen LogP contribution is 2.32. The van der Waals surface area contributed by atoms with E-state index in [2.05, 4.69) is 5.32 Å². The van der Waals surface area contributed by atoms with Crippen LogP contribution in [0, 0.1) is 6.92 Å². The van der Waals surface area contributed by atoms with Crippen LogP contribution in [-0.4, -0.2) is 16.8 Å². The molecule has 0 unspecified atom stereocenters. The number of aromatic hydroxyl groups is 1. The average molecular weight is 309 g/mol. The van der Waals surface area contributed by atoms with Crippen LogP contribution in [0.5, 0.6) is 5.75 Å². The number of phenolic OH excluding ortho intramolecular Hbond substituents is 1. The van der Waals surface area contributed by atoms with Crippen molar-refractivity contribution in [1.82, 2.24) is 0 Å². The van der Waals surface area contributed by atoms with E-state index in [0.29, 0.717) is 33.5 Å². The van der Waals surface area contributed by atoms with Crippen molar-refractivity contribution >= 4 is 23.4 Å². The SMILES string of the molecule is Cc1cc(O)ccc1C(=O)Nc1ccccc1SC(F)F. The summed E-state index contributed by atoms with van der Waals surface area (Å²) in [4.78, 5) is 12.5. The Morgan fingerprint density at radius 1 is 1.24 bits per heavy atom. The van der Waals surface area contributed by atoms with Crippen molar-refractivity contribution < 1.29 is 18.7 Å². The summed E-state index contributed by atoms with van der Waals surface area (Å²) in [6.07, 6.45) is 0. The van der Waals surface area contributed by atoms with Gasteiger partial charge in [0, 0.05) is 10.5 Å². The van der Waals surface area contributed by atoms with Gasteiger partial charge in [-0.3, -0.25) is 4.79 Å². The summed E-state index contributed by atoms with van der Waals surface area (Å²) in [7, 11) is 0. The number of carbonyl (C=O) groups excluding carboxylic acids is 1. The summed E-state index contributed by atoms with van der Waals surface area (Å²) in [5.74, 6) is -2.90. The highest BCUT2D eigenvalue weighted by Gasteiger charge is 2.14. The number of para-hydroxylation sites is 1. The molecule has 0 aliphatic carbocycles. The Kier molecular flexibility index (Phi) is 4.80. The third-order valence-electron chi connectivity index (χ3n) is 2.81. The zero-order chi connectivity index (χ0) is 15.4. The zero-order valence-electron chi connectivity index (χ0n) is 11.1. The van der Waals surface area contributed by atoms with Crippen molar-refractivity contribution in [3.8, 4) is 5.75 Å². The molecule has 0 saturated carbocycles. The Morgan fingerprint density at radius 2 is 1.95 bits per heavy atom. The first-order valence-corrected chi connectivity index (χ1v) is 7.00. The Bertz CT molecular complexity index is 662. The summed E-state index contributed by atoms with van der Waals surface area (Å²) in [6, 6.07) is 10.7. The topological polar surface area (TPSA) is 49.3 Å². The number of hydrogen-bond donors (Lipinski definition) is 2. The number of carbonyl (C=O) groups is 1. The summed E-state index contributed by atoms with van der Waals surface area (Å²) in [5, 5.41) is 12.0. The van der Waals surface area contributed by atoms with Crippen LogP contribution >= 0.6 is 11.8 Å². The number of anilines is 1. The summed E-state index contributed by atoms with van der Waals surface area (Å²) in [6.45, 7) is 1.69. The van der Waals surface area contributed by atoms with Crippen LogP contribution in [0.4, 0.5) is 14.5 Å². The summed E-state index contributed by atoms with van der Waals surface area (Å²) < 4.78 is 25.0. The lowest BCUT2D eigenvalue weighted by Crippen LogP contribution is -2.14. The van der Waals surface area contributed by atoms with Gasteiger partial charge in [-0.1, -0.05) is 23.9 Å². The number of benzene rings is 2. The van der Waals surface area contributed by atoms with E-state index in [1.165, 1.54) is 24.3 Å². The van der Waals surface area contributed by atoms with Gasteiger partial charge >= 0.3 is 0 Å². The number of phenols is 1. The first-order chi connectivity index (χ1) is 9.97. The quantitative estimate of drug-likeness (QED) is 0.829. The van der Waals surface area contributed by atoms with Crippen LogP contribution in [0.2, 0.25) is 0 Å². The molecule has 2 aromatic carbocycles. The maximum atomic E-state index is 12.5. The molecule has 0 atom stereocenters. The standard InChI is InChI=1S/C15H13F2NO2S/c1-9-8-10(19)6-7-11(9)14(20)18-12-4-2-3-5-13(12)21-15(16)17/h2-8,15,19H,1H3,(H,18,20). The van der Waals surface area contributed by atoms with Crippen LogP contribution in [0.25, 0.3) is 0 Å². The molecule has 0 aliphatic rings. The lowest BCUT2D eigenvalue weighted by molar-refractivity contribution is 0.102. The third-order valence-corrected chi connectivity index (χ3v) is 3.59. The van der Waals surface area contributed by atoms with E-state index in [1.807, 2.05) is 0 Å². The molecule has 3 nitrogen and oxygen atoms in total. The minimum Gasteiger partial charge on any atom is -0.508 e. The molecule has 0 spiro atoms. The summed E-state index contributed by atoms with van der Waals surface area (Å²) in [5.41, 5.74) is 1.32. The van der Waals surface area contributed by atoms with Gasteiger partial charge in [0.05, 0.1) is 5.69 Å². The third kappa shape index (κ3) is 3.95. The van der Waals surface area contributed by atoms with E-state index >= 15 is 0 Å². The molecular formula is C15H13F2NO2S. The number of hydrogen-bond acceptors (Lipinski definition) is 3. The molecule has 21 heavy (non-hydrogen) atoms. The minimum atomic E-state index is -2.56. The second-order valence-corrected chi connectivity index (χ2v) is 5.36. The van der Waals surface area contributed by atoms with Crippen LogP contribution in [0.15, 0.2) is 47.4 Å². The molecule has 2 rings (SSSR count). The molecule has 2 aromatic rings. The lowest BCUT2D eigenvalue weighted by Gasteiger charge is -2.11. The summed E-state index contributed by atoms with van der Waals surface area (Å²) >= 11 is 0.381. The van der Waals surface area contributed by atoms with Crippen molar-refractivity contribution in [2.24, 2.45) is 0 Å². The van der Waals surface area contributed by atoms with Crippen molar-refractivity contribution in [2.75, 3.05) is 5.32 Å². The fourth-order valence-electron chi connectivity index (χ4n) is 1.86. The van der Waals surface area contributed by atoms with Gasteiger partial charge in [-0.2, -0.15) is 8.78 Å². The van der Waals surface area contributed by atoms with E-state index in [0.717, 1.165) is 0 Å².